The van der Waals surface area contributed by atoms with Gasteiger partial charge < -0.3 is 14.5 Å². The van der Waals surface area contributed by atoms with Crippen molar-refractivity contribution in [3.63, 3.8) is 0 Å². The van der Waals surface area contributed by atoms with Crippen LogP contribution in [0.1, 0.15) is 24.8 Å². The molecule has 3 rings (SSSR count). The molecule has 0 unspecified atom stereocenters. The van der Waals surface area contributed by atoms with Crippen molar-refractivity contribution in [3.8, 4) is 5.75 Å². The number of furan rings is 1. The Morgan fingerprint density at radius 2 is 2.21 bits per heavy atom. The van der Waals surface area contributed by atoms with E-state index in [4.69, 9.17) is 9.15 Å². The van der Waals surface area contributed by atoms with Crippen LogP contribution in [-0.2, 0) is 0 Å². The van der Waals surface area contributed by atoms with Gasteiger partial charge in [0.05, 0.1) is 13.4 Å². The summed E-state index contributed by atoms with van der Waals surface area (Å²) in [6.45, 7) is 4.45. The number of benzene rings is 1. The molecule has 4 heteroatoms. The van der Waals surface area contributed by atoms with Crippen LogP contribution in [0.3, 0.4) is 0 Å². The first-order valence-corrected chi connectivity index (χ1v) is 6.55. The van der Waals surface area contributed by atoms with Crippen LogP contribution in [0.25, 0.3) is 11.0 Å². The highest BCUT2D eigenvalue weighted by Gasteiger charge is 2.26. The molecular formula is C15H20ClNO2. The van der Waals surface area contributed by atoms with Crippen molar-refractivity contribution >= 4 is 23.4 Å². The normalized spacial score (nSPS) is 23.1. The van der Waals surface area contributed by atoms with E-state index >= 15 is 0 Å². The smallest absolute Gasteiger partial charge is 0.137 e. The molecule has 0 spiro atoms. The Morgan fingerprint density at radius 3 is 2.95 bits per heavy atom. The van der Waals surface area contributed by atoms with Crippen molar-refractivity contribution in [1.82, 2.24) is 5.32 Å². The molecule has 2 aromatic rings. The van der Waals surface area contributed by atoms with Gasteiger partial charge in [0.2, 0.25) is 0 Å². The molecular weight excluding hydrogens is 262 g/mol. The summed E-state index contributed by atoms with van der Waals surface area (Å²) < 4.78 is 11.1. The first kappa shape index (κ1) is 14.2. The topological polar surface area (TPSA) is 34.4 Å². The number of ether oxygens (including phenoxy) is 1. The second-order valence-electron chi connectivity index (χ2n) is 5.13. The van der Waals surface area contributed by atoms with Gasteiger partial charge in [-0.15, -0.1) is 12.4 Å². The van der Waals surface area contributed by atoms with Crippen molar-refractivity contribution in [2.24, 2.45) is 5.92 Å². The van der Waals surface area contributed by atoms with Gasteiger partial charge in [-0.2, -0.15) is 0 Å². The maximum Gasteiger partial charge on any atom is 0.137 e. The van der Waals surface area contributed by atoms with Crippen molar-refractivity contribution in [2.45, 2.75) is 19.3 Å². The summed E-state index contributed by atoms with van der Waals surface area (Å²) in [7, 11) is 1.72. The molecule has 1 aliphatic heterocycles. The first-order chi connectivity index (χ1) is 8.79. The average molecular weight is 282 g/mol. The zero-order chi connectivity index (χ0) is 12.5. The first-order valence-electron chi connectivity index (χ1n) is 6.55. The Morgan fingerprint density at radius 1 is 1.37 bits per heavy atom. The quantitative estimate of drug-likeness (QED) is 0.914. The molecule has 1 aliphatic rings. The highest BCUT2D eigenvalue weighted by molar-refractivity contribution is 5.85. The van der Waals surface area contributed by atoms with E-state index in [2.05, 4.69) is 18.3 Å². The molecule has 1 fully saturated rings. The van der Waals surface area contributed by atoms with E-state index in [1.165, 1.54) is 5.56 Å². The minimum Gasteiger partial charge on any atom is -0.497 e. The summed E-state index contributed by atoms with van der Waals surface area (Å²) in [5.74, 6) is 2.10. The van der Waals surface area contributed by atoms with Gasteiger partial charge in [-0.05, 0) is 49.5 Å². The van der Waals surface area contributed by atoms with Gasteiger partial charge in [-0.1, -0.05) is 6.92 Å². The fourth-order valence-corrected chi connectivity index (χ4v) is 2.95. The summed E-state index contributed by atoms with van der Waals surface area (Å²) in [4.78, 5) is 0. The number of hydrogen-bond acceptors (Lipinski definition) is 3. The van der Waals surface area contributed by atoms with Gasteiger partial charge in [0.15, 0.2) is 0 Å². The second kappa shape index (κ2) is 5.85. The molecule has 104 valence electrons. The number of fused-ring (bicyclic) bond motifs is 1. The lowest BCUT2D eigenvalue weighted by atomic mass is 9.81. The Kier molecular flexibility index (Phi) is 4.38. The fraction of sp³-hybridized carbons (Fsp3) is 0.467. The molecule has 1 aromatic carbocycles. The lowest BCUT2D eigenvalue weighted by Crippen LogP contribution is -2.33. The predicted octanol–water partition coefficient (Wildman–Crippen LogP) is 3.58. The molecule has 0 bridgehead atoms. The maximum absolute atomic E-state index is 5.67. The largest absolute Gasteiger partial charge is 0.497 e. The zero-order valence-electron chi connectivity index (χ0n) is 11.3. The van der Waals surface area contributed by atoms with Crippen molar-refractivity contribution in [3.05, 3.63) is 30.0 Å². The van der Waals surface area contributed by atoms with Crippen molar-refractivity contribution in [1.29, 1.82) is 0 Å². The SMILES string of the molecule is COc1cc([C@H]2CCNC[C@@H]2C)c2occc2c1.Cl. The van der Waals surface area contributed by atoms with E-state index in [-0.39, 0.29) is 12.4 Å². The third-order valence-electron chi connectivity index (χ3n) is 3.97. The highest BCUT2D eigenvalue weighted by atomic mass is 35.5. The summed E-state index contributed by atoms with van der Waals surface area (Å²) >= 11 is 0. The minimum atomic E-state index is 0. The third-order valence-corrected chi connectivity index (χ3v) is 3.97. The van der Waals surface area contributed by atoms with E-state index in [9.17, 15) is 0 Å². The predicted molar refractivity (Wildman–Crippen MR) is 79.4 cm³/mol. The number of hydrogen-bond donors (Lipinski definition) is 1. The molecule has 0 radical (unpaired) electrons. The summed E-state index contributed by atoms with van der Waals surface area (Å²) in [5.41, 5.74) is 2.32. The molecule has 19 heavy (non-hydrogen) atoms. The molecule has 0 aliphatic carbocycles. The van der Waals surface area contributed by atoms with Crippen molar-refractivity contribution in [2.75, 3.05) is 20.2 Å². The highest BCUT2D eigenvalue weighted by Crippen LogP contribution is 2.37. The van der Waals surface area contributed by atoms with Gasteiger partial charge in [0, 0.05) is 10.9 Å². The van der Waals surface area contributed by atoms with Crippen LogP contribution in [0.2, 0.25) is 0 Å². The number of halogens is 1. The van der Waals surface area contributed by atoms with E-state index in [1.807, 2.05) is 12.1 Å². The summed E-state index contributed by atoms with van der Waals surface area (Å²) in [6, 6.07) is 6.18. The summed E-state index contributed by atoms with van der Waals surface area (Å²) in [6.07, 6.45) is 2.92. The molecule has 1 aromatic heterocycles. The molecule has 1 saturated heterocycles. The van der Waals surface area contributed by atoms with E-state index in [1.54, 1.807) is 13.4 Å². The maximum atomic E-state index is 5.67. The molecule has 2 heterocycles. The van der Waals surface area contributed by atoms with Crippen LogP contribution in [0.5, 0.6) is 5.75 Å². The van der Waals surface area contributed by atoms with Gasteiger partial charge in [0.25, 0.3) is 0 Å². The second-order valence-corrected chi connectivity index (χ2v) is 5.13. The molecule has 0 amide bonds. The Bertz CT molecular complexity index is 552. The standard InChI is InChI=1S/C15H19NO2.ClH/c1-10-9-16-5-3-13(10)14-8-12(17-2)7-11-4-6-18-15(11)14;/h4,6-8,10,13,16H,3,5,9H2,1-2H3;1H/t10-,13-;/m0./s1. The van der Waals surface area contributed by atoms with Gasteiger partial charge >= 0.3 is 0 Å². The van der Waals surface area contributed by atoms with Gasteiger partial charge in [-0.25, -0.2) is 0 Å². The third kappa shape index (κ3) is 2.58. The van der Waals surface area contributed by atoms with Crippen LogP contribution >= 0.6 is 12.4 Å². The van der Waals surface area contributed by atoms with E-state index in [0.717, 1.165) is 36.2 Å². The van der Waals surface area contributed by atoms with Crippen LogP contribution in [0.15, 0.2) is 28.9 Å². The minimum absolute atomic E-state index is 0. The lowest BCUT2D eigenvalue weighted by molar-refractivity contribution is 0.347. The fourth-order valence-electron chi connectivity index (χ4n) is 2.95. The summed E-state index contributed by atoms with van der Waals surface area (Å²) in [5, 5.41) is 4.58. The van der Waals surface area contributed by atoms with Crippen LogP contribution in [0, 0.1) is 5.92 Å². The Balaban J connectivity index is 0.00000133. The number of nitrogens with one attached hydrogen (secondary N) is 1. The Hall–Kier alpha value is -1.19. The van der Waals surface area contributed by atoms with Crippen LogP contribution in [-0.4, -0.2) is 20.2 Å². The zero-order valence-corrected chi connectivity index (χ0v) is 12.1. The molecule has 0 saturated carbocycles. The van der Waals surface area contributed by atoms with E-state index in [0.29, 0.717) is 11.8 Å². The lowest BCUT2D eigenvalue weighted by Gasteiger charge is -2.30. The molecule has 2 atom stereocenters. The molecule has 1 N–H and O–H groups in total. The van der Waals surface area contributed by atoms with Crippen LogP contribution < -0.4 is 10.1 Å². The molecule has 3 nitrogen and oxygen atoms in total. The Labute approximate surface area is 119 Å². The van der Waals surface area contributed by atoms with Crippen molar-refractivity contribution < 1.29 is 9.15 Å². The van der Waals surface area contributed by atoms with Gasteiger partial charge in [0.1, 0.15) is 11.3 Å². The monoisotopic (exact) mass is 281 g/mol. The van der Waals surface area contributed by atoms with Gasteiger partial charge in [-0.3, -0.25) is 0 Å². The number of methoxy groups -OCH3 is 1. The van der Waals surface area contributed by atoms with Crippen LogP contribution in [0.4, 0.5) is 0 Å². The van der Waals surface area contributed by atoms with E-state index < -0.39 is 0 Å². The number of rotatable bonds is 2. The number of piperidine rings is 1. The average Bonchev–Trinajstić information content (AvgIpc) is 2.86.